The zero-order chi connectivity index (χ0) is 25.1. The molecule has 2 N–H and O–H groups in total. The summed E-state index contributed by atoms with van der Waals surface area (Å²) in [5, 5.41) is 5.27. The third-order valence-corrected chi connectivity index (χ3v) is 4.98. The van der Waals surface area contributed by atoms with Crippen molar-refractivity contribution in [2.75, 3.05) is 5.32 Å². The van der Waals surface area contributed by atoms with E-state index in [0.29, 0.717) is 23.4 Å². The molecule has 0 aromatic heterocycles. The summed E-state index contributed by atoms with van der Waals surface area (Å²) < 4.78 is 0. The maximum absolute atomic E-state index is 12.0. The Hall–Kier alpha value is -4.12. The lowest BCUT2D eigenvalue weighted by atomic mass is 9.96. The molecule has 0 heterocycles. The summed E-state index contributed by atoms with van der Waals surface area (Å²) in [6.45, 7) is 2.95. The molecule has 8 heteroatoms. The van der Waals surface area contributed by atoms with Crippen LogP contribution in [0.25, 0.3) is 0 Å². The number of hydrogen-bond donors (Lipinski definition) is 2. The Kier molecular flexibility index (Phi) is 9.84. The summed E-state index contributed by atoms with van der Waals surface area (Å²) >= 11 is 0. The highest BCUT2D eigenvalue weighted by Gasteiger charge is 2.14. The third kappa shape index (κ3) is 9.17. The first-order chi connectivity index (χ1) is 16.1. The summed E-state index contributed by atoms with van der Waals surface area (Å²) in [5.74, 6) is 2.32. The van der Waals surface area contributed by atoms with E-state index in [0.717, 1.165) is 0 Å². The molecule has 0 radical (unpaired) electrons. The SMILES string of the molecule is CC(=O)c1ccc(NC(=O)CCC(=O)C#CC(=O)CCC(=O)NC2=CCC(C(C)=O)C=C2)cc1. The molecule has 0 bridgehead atoms. The Morgan fingerprint density at radius 2 is 1.38 bits per heavy atom. The van der Waals surface area contributed by atoms with Gasteiger partial charge in [0.05, 0.1) is 0 Å². The minimum atomic E-state index is -0.558. The molecule has 0 spiro atoms. The Bertz CT molecular complexity index is 1120. The number of carbonyl (C=O) groups is 6. The smallest absolute Gasteiger partial charge is 0.224 e. The highest BCUT2D eigenvalue weighted by Crippen LogP contribution is 2.16. The lowest BCUT2D eigenvalue weighted by molar-refractivity contribution is -0.123. The molecule has 176 valence electrons. The molecule has 34 heavy (non-hydrogen) atoms. The topological polar surface area (TPSA) is 126 Å². The van der Waals surface area contributed by atoms with Crippen molar-refractivity contribution in [2.24, 2.45) is 5.92 Å². The van der Waals surface area contributed by atoms with Crippen LogP contribution in [-0.2, 0) is 24.0 Å². The van der Waals surface area contributed by atoms with Crippen molar-refractivity contribution in [3.8, 4) is 11.8 Å². The molecule has 1 aliphatic carbocycles. The predicted octanol–water partition coefficient (Wildman–Crippen LogP) is 2.69. The van der Waals surface area contributed by atoms with Crippen LogP contribution in [0, 0.1) is 17.8 Å². The molecule has 1 aromatic rings. The molecule has 2 amide bonds. The molecule has 1 aromatic carbocycles. The predicted molar refractivity (Wildman–Crippen MR) is 125 cm³/mol. The summed E-state index contributed by atoms with van der Waals surface area (Å²) in [5.41, 5.74) is 1.60. The summed E-state index contributed by atoms with van der Waals surface area (Å²) in [7, 11) is 0. The maximum atomic E-state index is 12.0. The number of anilines is 1. The van der Waals surface area contributed by atoms with Crippen LogP contribution in [0.15, 0.2) is 48.2 Å². The number of ketones is 4. The fourth-order valence-corrected chi connectivity index (χ4v) is 2.97. The van der Waals surface area contributed by atoms with E-state index in [2.05, 4.69) is 22.5 Å². The van der Waals surface area contributed by atoms with Gasteiger partial charge in [0.2, 0.25) is 23.4 Å². The minimum Gasteiger partial charge on any atom is -0.326 e. The van der Waals surface area contributed by atoms with Gasteiger partial charge in [-0.05, 0) is 62.5 Å². The Morgan fingerprint density at radius 3 is 1.85 bits per heavy atom. The molecule has 2 rings (SSSR count). The fourth-order valence-electron chi connectivity index (χ4n) is 2.97. The van der Waals surface area contributed by atoms with Gasteiger partial charge in [0.25, 0.3) is 0 Å². The molecule has 1 aliphatic rings. The normalized spacial score (nSPS) is 14.2. The van der Waals surface area contributed by atoms with Crippen molar-refractivity contribution < 1.29 is 28.8 Å². The van der Waals surface area contributed by atoms with E-state index < -0.39 is 17.5 Å². The van der Waals surface area contributed by atoms with E-state index in [9.17, 15) is 28.8 Å². The van der Waals surface area contributed by atoms with Crippen LogP contribution < -0.4 is 10.6 Å². The number of carbonyl (C=O) groups excluding carboxylic acids is 6. The molecule has 0 aliphatic heterocycles. The molecule has 0 fully saturated rings. The first kappa shape index (κ1) is 26.1. The zero-order valence-electron chi connectivity index (χ0n) is 19.1. The fraction of sp³-hybridized carbons (Fsp3) is 0.308. The first-order valence-electron chi connectivity index (χ1n) is 10.8. The van der Waals surface area contributed by atoms with Crippen molar-refractivity contribution in [1.82, 2.24) is 5.32 Å². The Labute approximate surface area is 197 Å². The number of hydrogen-bond acceptors (Lipinski definition) is 6. The molecule has 1 atom stereocenters. The molecular weight excluding hydrogens is 436 g/mol. The largest absolute Gasteiger partial charge is 0.326 e. The van der Waals surface area contributed by atoms with Crippen molar-refractivity contribution >= 4 is 40.6 Å². The van der Waals surface area contributed by atoms with Gasteiger partial charge in [0.15, 0.2) is 5.78 Å². The Morgan fingerprint density at radius 1 is 0.824 bits per heavy atom. The highest BCUT2D eigenvalue weighted by molar-refractivity contribution is 6.06. The van der Waals surface area contributed by atoms with Crippen molar-refractivity contribution in [3.63, 3.8) is 0 Å². The van der Waals surface area contributed by atoms with Crippen LogP contribution in [0.5, 0.6) is 0 Å². The van der Waals surface area contributed by atoms with Gasteiger partial charge in [0, 0.05) is 48.5 Å². The Balaban J connectivity index is 1.68. The summed E-state index contributed by atoms with van der Waals surface area (Å²) in [4.78, 5) is 70.2. The summed E-state index contributed by atoms with van der Waals surface area (Å²) in [6.07, 6.45) is 5.16. The standard InChI is InChI=1S/C26H26N2O6/c1-17(29)19-3-7-21(8-4-19)27-25(33)15-13-23(31)11-12-24(32)14-16-26(34)28-22-9-5-20(6-10-22)18(2)30/h3-5,7-10,20H,6,13-16H2,1-2H3,(H,27,33)(H,28,34). The average molecular weight is 463 g/mol. The van der Waals surface area contributed by atoms with Crippen LogP contribution >= 0.6 is 0 Å². The van der Waals surface area contributed by atoms with Gasteiger partial charge < -0.3 is 10.6 Å². The van der Waals surface area contributed by atoms with Gasteiger partial charge in [-0.25, -0.2) is 0 Å². The number of Topliss-reactive ketones (excluding diaryl/α,β-unsaturated/α-hetero) is 4. The van der Waals surface area contributed by atoms with Gasteiger partial charge in [0.1, 0.15) is 5.78 Å². The highest BCUT2D eigenvalue weighted by atomic mass is 16.2. The number of amides is 2. The van der Waals surface area contributed by atoms with E-state index in [1.807, 2.05) is 0 Å². The summed E-state index contributed by atoms with van der Waals surface area (Å²) in [6, 6.07) is 6.37. The second-order valence-corrected chi connectivity index (χ2v) is 7.80. The maximum Gasteiger partial charge on any atom is 0.224 e. The minimum absolute atomic E-state index is 0.0534. The lowest BCUT2D eigenvalue weighted by Gasteiger charge is -2.14. The zero-order valence-corrected chi connectivity index (χ0v) is 19.1. The van der Waals surface area contributed by atoms with E-state index in [4.69, 9.17) is 0 Å². The van der Waals surface area contributed by atoms with Crippen LogP contribution in [0.3, 0.4) is 0 Å². The first-order valence-corrected chi connectivity index (χ1v) is 10.8. The van der Waals surface area contributed by atoms with Crippen LogP contribution in [0.1, 0.15) is 56.3 Å². The number of nitrogens with one attached hydrogen (secondary N) is 2. The number of allylic oxidation sites excluding steroid dienone is 3. The molecule has 0 saturated heterocycles. The van der Waals surface area contributed by atoms with Gasteiger partial charge >= 0.3 is 0 Å². The van der Waals surface area contributed by atoms with Crippen LogP contribution in [-0.4, -0.2) is 34.9 Å². The number of benzene rings is 1. The van der Waals surface area contributed by atoms with Gasteiger partial charge in [-0.15, -0.1) is 0 Å². The van der Waals surface area contributed by atoms with Gasteiger partial charge in [-0.2, -0.15) is 0 Å². The lowest BCUT2D eigenvalue weighted by Crippen LogP contribution is -2.24. The molecule has 0 saturated carbocycles. The second-order valence-electron chi connectivity index (χ2n) is 7.80. The van der Waals surface area contributed by atoms with E-state index in [1.165, 1.54) is 13.8 Å². The molecule has 8 nitrogen and oxygen atoms in total. The third-order valence-electron chi connectivity index (χ3n) is 4.98. The van der Waals surface area contributed by atoms with Crippen LogP contribution in [0.4, 0.5) is 5.69 Å². The van der Waals surface area contributed by atoms with E-state index >= 15 is 0 Å². The van der Waals surface area contributed by atoms with E-state index in [-0.39, 0.29) is 49.1 Å². The monoisotopic (exact) mass is 462 g/mol. The van der Waals surface area contributed by atoms with Gasteiger partial charge in [-0.1, -0.05) is 12.2 Å². The molecular formula is C26H26N2O6. The van der Waals surface area contributed by atoms with Crippen LogP contribution in [0.2, 0.25) is 0 Å². The van der Waals surface area contributed by atoms with Crippen molar-refractivity contribution in [1.29, 1.82) is 0 Å². The second kappa shape index (κ2) is 12.8. The van der Waals surface area contributed by atoms with E-state index in [1.54, 1.807) is 42.5 Å². The van der Waals surface area contributed by atoms with Crippen molar-refractivity contribution in [3.05, 3.63) is 53.8 Å². The molecule has 1 unspecified atom stereocenters. The van der Waals surface area contributed by atoms with Crippen molar-refractivity contribution in [2.45, 2.75) is 46.0 Å². The average Bonchev–Trinajstić information content (AvgIpc) is 2.80. The number of rotatable bonds is 10. The van der Waals surface area contributed by atoms with Gasteiger partial charge in [-0.3, -0.25) is 28.8 Å². The quantitative estimate of drug-likeness (QED) is 0.313.